The Labute approximate surface area is 69.6 Å². The van der Waals surface area contributed by atoms with Gasteiger partial charge in [-0.3, -0.25) is 0 Å². The molecule has 1 rings (SSSR count). The van der Waals surface area contributed by atoms with E-state index in [1.54, 1.807) is 0 Å². The molecule has 5 heteroatoms. The fraction of sp³-hybridized carbons (Fsp3) is 0.714. The van der Waals surface area contributed by atoms with Crippen LogP contribution < -0.4 is 0 Å². The first-order valence-electron chi connectivity index (χ1n) is 3.63. The summed E-state index contributed by atoms with van der Waals surface area (Å²) in [6, 6.07) is 0. The molecule has 0 spiro atoms. The van der Waals surface area contributed by atoms with Crippen LogP contribution in [0.25, 0.3) is 0 Å². The molecule has 1 radical (unpaired) electrons. The molecule has 1 fully saturated rings. The first-order chi connectivity index (χ1) is 5.83. The first kappa shape index (κ1) is 8.99. The van der Waals surface area contributed by atoms with E-state index in [-0.39, 0.29) is 0 Å². The minimum atomic E-state index is -0.606. The van der Waals surface area contributed by atoms with Crippen LogP contribution in [0.4, 0.5) is 0 Å². The number of rotatable bonds is 4. The quantitative estimate of drug-likeness (QED) is 0.548. The monoisotopic (exact) mass is 173 g/mol. The maximum atomic E-state index is 10.8. The molecule has 1 saturated heterocycles. The summed E-state index contributed by atoms with van der Waals surface area (Å²) in [5.41, 5.74) is 0. The van der Waals surface area contributed by atoms with Crippen molar-refractivity contribution < 1.29 is 23.8 Å². The van der Waals surface area contributed by atoms with Gasteiger partial charge in [0.15, 0.2) is 6.61 Å². The van der Waals surface area contributed by atoms with Crippen LogP contribution in [0.1, 0.15) is 12.8 Å². The van der Waals surface area contributed by atoms with Gasteiger partial charge in [0.05, 0.1) is 6.61 Å². The standard InChI is InChI=1S/C7H9O5/c8-5-10-4-6(9)12-7-2-1-3-11-7/h7H,1-4H2. The molecule has 1 aliphatic rings. The molecular formula is C7H9O5. The van der Waals surface area contributed by atoms with E-state index in [2.05, 4.69) is 4.74 Å². The molecule has 0 bridgehead atoms. The highest BCUT2D eigenvalue weighted by atomic mass is 16.7. The second-order valence-electron chi connectivity index (χ2n) is 2.30. The van der Waals surface area contributed by atoms with Gasteiger partial charge in [0.2, 0.25) is 6.29 Å². The summed E-state index contributed by atoms with van der Waals surface area (Å²) in [4.78, 5) is 20.3. The highest BCUT2D eigenvalue weighted by Crippen LogP contribution is 2.12. The van der Waals surface area contributed by atoms with Crippen LogP contribution in [-0.2, 0) is 23.8 Å². The smallest absolute Gasteiger partial charge is 0.418 e. The Morgan fingerprint density at radius 3 is 3.08 bits per heavy atom. The van der Waals surface area contributed by atoms with E-state index in [9.17, 15) is 9.59 Å². The molecule has 1 aliphatic heterocycles. The highest BCUT2D eigenvalue weighted by molar-refractivity contribution is 5.71. The molecular weight excluding hydrogens is 164 g/mol. The normalized spacial score (nSPS) is 21.8. The molecule has 0 aromatic heterocycles. The Balaban J connectivity index is 2.11. The first-order valence-corrected chi connectivity index (χ1v) is 3.63. The fourth-order valence-electron chi connectivity index (χ4n) is 0.910. The Morgan fingerprint density at radius 1 is 1.67 bits per heavy atom. The van der Waals surface area contributed by atoms with Crippen LogP contribution in [-0.4, -0.2) is 31.9 Å². The van der Waals surface area contributed by atoms with Gasteiger partial charge in [-0.25, -0.2) is 9.59 Å². The zero-order chi connectivity index (χ0) is 8.81. The summed E-state index contributed by atoms with van der Waals surface area (Å²) in [6.07, 6.45) is 1.13. The van der Waals surface area contributed by atoms with Crippen LogP contribution >= 0.6 is 0 Å². The average molecular weight is 173 g/mol. The summed E-state index contributed by atoms with van der Waals surface area (Å²) < 4.78 is 13.8. The third-order valence-corrected chi connectivity index (χ3v) is 1.40. The van der Waals surface area contributed by atoms with Crippen LogP contribution in [0.2, 0.25) is 0 Å². The molecule has 0 aromatic carbocycles. The Bertz CT molecular complexity index is 161. The van der Waals surface area contributed by atoms with Crippen molar-refractivity contribution in [2.24, 2.45) is 0 Å². The zero-order valence-corrected chi connectivity index (χ0v) is 6.45. The number of esters is 1. The van der Waals surface area contributed by atoms with Gasteiger partial charge in [-0.2, -0.15) is 0 Å². The Morgan fingerprint density at radius 2 is 2.50 bits per heavy atom. The van der Waals surface area contributed by atoms with E-state index in [1.807, 2.05) is 0 Å². The van der Waals surface area contributed by atoms with Crippen molar-refractivity contribution in [1.82, 2.24) is 0 Å². The summed E-state index contributed by atoms with van der Waals surface area (Å²) in [5, 5.41) is 0. The van der Waals surface area contributed by atoms with Gasteiger partial charge in [-0.15, -0.1) is 0 Å². The van der Waals surface area contributed by atoms with Gasteiger partial charge in [0, 0.05) is 6.42 Å². The Kier molecular flexibility index (Phi) is 3.53. The maximum Gasteiger partial charge on any atom is 0.418 e. The lowest BCUT2D eigenvalue weighted by molar-refractivity contribution is -0.172. The molecule has 12 heavy (non-hydrogen) atoms. The minimum absolute atomic E-state index is 0.399. The lowest BCUT2D eigenvalue weighted by Gasteiger charge is -2.09. The number of hydrogen-bond donors (Lipinski definition) is 0. The minimum Gasteiger partial charge on any atom is -0.445 e. The van der Waals surface area contributed by atoms with E-state index in [0.29, 0.717) is 13.0 Å². The molecule has 0 aliphatic carbocycles. The van der Waals surface area contributed by atoms with Gasteiger partial charge in [-0.05, 0) is 6.42 Å². The van der Waals surface area contributed by atoms with Gasteiger partial charge in [-0.1, -0.05) is 0 Å². The number of hydrogen-bond acceptors (Lipinski definition) is 5. The summed E-state index contributed by atoms with van der Waals surface area (Å²) in [7, 11) is 0. The number of carbonyl (C=O) groups is 1. The Hall–Kier alpha value is -1.10. The van der Waals surface area contributed by atoms with Gasteiger partial charge in [0.1, 0.15) is 0 Å². The van der Waals surface area contributed by atoms with E-state index >= 15 is 0 Å². The van der Waals surface area contributed by atoms with Gasteiger partial charge in [0.25, 0.3) is 0 Å². The second kappa shape index (κ2) is 4.71. The molecule has 1 atom stereocenters. The van der Waals surface area contributed by atoms with Crippen molar-refractivity contribution in [1.29, 1.82) is 0 Å². The third kappa shape index (κ3) is 2.87. The van der Waals surface area contributed by atoms with Crippen molar-refractivity contribution in [3.05, 3.63) is 0 Å². The molecule has 0 N–H and O–H groups in total. The molecule has 0 aromatic rings. The van der Waals surface area contributed by atoms with Crippen molar-refractivity contribution in [2.75, 3.05) is 13.2 Å². The van der Waals surface area contributed by atoms with Crippen molar-refractivity contribution in [2.45, 2.75) is 19.1 Å². The fourth-order valence-corrected chi connectivity index (χ4v) is 0.910. The summed E-state index contributed by atoms with van der Waals surface area (Å²) in [6.45, 7) is 1.34. The predicted octanol–water partition coefficient (Wildman–Crippen LogP) is -0.250. The van der Waals surface area contributed by atoms with Gasteiger partial charge >= 0.3 is 12.4 Å². The van der Waals surface area contributed by atoms with Crippen LogP contribution in [0.5, 0.6) is 0 Å². The lowest BCUT2D eigenvalue weighted by atomic mass is 10.4. The maximum absolute atomic E-state index is 10.8. The predicted molar refractivity (Wildman–Crippen MR) is 36.7 cm³/mol. The third-order valence-electron chi connectivity index (χ3n) is 1.40. The molecule has 0 amide bonds. The summed E-state index contributed by atoms with van der Waals surface area (Å²) in [5.74, 6) is -0.606. The molecule has 67 valence electrons. The molecule has 5 nitrogen and oxygen atoms in total. The van der Waals surface area contributed by atoms with E-state index in [4.69, 9.17) is 9.47 Å². The molecule has 0 saturated carbocycles. The number of carbonyl (C=O) groups excluding carboxylic acids is 2. The van der Waals surface area contributed by atoms with Crippen molar-refractivity contribution in [3.8, 4) is 0 Å². The van der Waals surface area contributed by atoms with E-state index < -0.39 is 18.9 Å². The van der Waals surface area contributed by atoms with Gasteiger partial charge < -0.3 is 14.2 Å². The summed E-state index contributed by atoms with van der Waals surface area (Å²) >= 11 is 0. The average Bonchev–Trinajstić information content (AvgIpc) is 2.53. The van der Waals surface area contributed by atoms with Crippen LogP contribution in [0, 0.1) is 0 Å². The second-order valence-corrected chi connectivity index (χ2v) is 2.30. The van der Waals surface area contributed by atoms with Crippen LogP contribution in [0.15, 0.2) is 0 Å². The lowest BCUT2D eigenvalue weighted by Crippen LogP contribution is -2.20. The van der Waals surface area contributed by atoms with E-state index in [0.717, 1.165) is 12.9 Å². The highest BCUT2D eigenvalue weighted by Gasteiger charge is 2.19. The zero-order valence-electron chi connectivity index (χ0n) is 6.45. The largest absolute Gasteiger partial charge is 0.445 e. The van der Waals surface area contributed by atoms with Crippen molar-refractivity contribution in [3.63, 3.8) is 0 Å². The van der Waals surface area contributed by atoms with E-state index in [1.165, 1.54) is 0 Å². The molecule has 1 unspecified atom stereocenters. The van der Waals surface area contributed by atoms with Crippen molar-refractivity contribution >= 4 is 12.4 Å². The molecule has 1 heterocycles. The topological polar surface area (TPSA) is 61.8 Å². The van der Waals surface area contributed by atoms with Crippen LogP contribution in [0.3, 0.4) is 0 Å². The number of ether oxygens (including phenoxy) is 3. The SMILES string of the molecule is O=[C]OCC(=O)OC1CCCO1.